The van der Waals surface area contributed by atoms with Gasteiger partial charge < -0.3 is 9.13 Å². The van der Waals surface area contributed by atoms with Crippen LogP contribution < -0.4 is 5.62 Å². The van der Waals surface area contributed by atoms with Gasteiger partial charge in [0.25, 0.3) is 0 Å². The average Bonchev–Trinajstić information content (AvgIpc) is 3.06. The van der Waals surface area contributed by atoms with E-state index in [2.05, 4.69) is 31.9 Å². The van der Waals surface area contributed by atoms with Gasteiger partial charge in [0.1, 0.15) is 11.6 Å². The lowest BCUT2D eigenvalue weighted by molar-refractivity contribution is -0.142. The Morgan fingerprint density at radius 2 is 1.18 bits per heavy atom. The molecule has 3 aromatic carbocycles. The molecule has 0 aliphatic rings. The molecule has 0 bridgehead atoms. The monoisotopic (exact) mass is 669 g/mol. The SMILES string of the molecule is N=c1n(CCc2ccc(F)cc2Br)c2cc(C(F)(F)F)cc(C(F)(F)F)c2n1CCc1ccc(F)cc1Br. The van der Waals surface area contributed by atoms with Gasteiger partial charge in [-0.2, -0.15) is 26.3 Å². The van der Waals surface area contributed by atoms with Gasteiger partial charge in [-0.25, -0.2) is 8.78 Å². The lowest BCUT2D eigenvalue weighted by Gasteiger charge is -2.15. The van der Waals surface area contributed by atoms with E-state index < -0.39 is 51.8 Å². The predicted octanol–water partition coefficient (Wildman–Crippen LogP) is 8.25. The third kappa shape index (κ3) is 5.83. The van der Waals surface area contributed by atoms with Crippen LogP contribution in [-0.2, 0) is 38.3 Å². The zero-order chi connectivity index (χ0) is 28.0. The number of imidazole rings is 1. The summed E-state index contributed by atoms with van der Waals surface area (Å²) in [6, 6.07) is 8.25. The summed E-state index contributed by atoms with van der Waals surface area (Å²) in [6.07, 6.45) is -10.0. The van der Waals surface area contributed by atoms with Crippen LogP contribution in [-0.4, -0.2) is 9.13 Å². The van der Waals surface area contributed by atoms with E-state index in [1.165, 1.54) is 36.4 Å². The van der Waals surface area contributed by atoms with E-state index in [4.69, 9.17) is 5.41 Å². The lowest BCUT2D eigenvalue weighted by atomic mass is 10.1. The molecule has 0 saturated heterocycles. The molecule has 38 heavy (non-hydrogen) atoms. The minimum atomic E-state index is -5.14. The zero-order valence-corrected chi connectivity index (χ0v) is 22.3. The molecular weight excluding hydrogens is 654 g/mol. The Balaban J connectivity index is 1.89. The zero-order valence-electron chi connectivity index (χ0n) is 19.1. The van der Waals surface area contributed by atoms with Crippen molar-refractivity contribution >= 4 is 42.9 Å². The molecule has 0 spiro atoms. The number of hydrogen-bond donors (Lipinski definition) is 1. The maximum absolute atomic E-state index is 14.1. The molecule has 0 atom stereocenters. The molecule has 1 heterocycles. The predicted molar refractivity (Wildman–Crippen MR) is 131 cm³/mol. The van der Waals surface area contributed by atoms with Gasteiger partial charge in [-0.05, 0) is 60.4 Å². The highest BCUT2D eigenvalue weighted by Crippen LogP contribution is 2.40. The normalized spacial score (nSPS) is 12.5. The Morgan fingerprint density at radius 3 is 1.63 bits per heavy atom. The van der Waals surface area contributed by atoms with E-state index in [1.807, 2.05) is 0 Å². The molecule has 0 aliphatic heterocycles. The fourth-order valence-corrected chi connectivity index (χ4v) is 5.31. The van der Waals surface area contributed by atoms with E-state index >= 15 is 0 Å². The summed E-state index contributed by atoms with van der Waals surface area (Å²) in [6.45, 7) is -0.341. The van der Waals surface area contributed by atoms with Crippen molar-refractivity contribution in [3.63, 3.8) is 0 Å². The van der Waals surface area contributed by atoms with Gasteiger partial charge in [0.05, 0.1) is 22.2 Å². The minimum Gasteiger partial charge on any atom is -0.310 e. The number of aromatic nitrogens is 2. The minimum absolute atomic E-state index is 0.0486. The molecule has 4 rings (SSSR count). The van der Waals surface area contributed by atoms with E-state index in [0.29, 0.717) is 26.1 Å². The topological polar surface area (TPSA) is 33.7 Å². The number of rotatable bonds is 6. The molecule has 0 unspecified atom stereocenters. The second-order valence-electron chi connectivity index (χ2n) is 8.49. The first-order valence-corrected chi connectivity index (χ1v) is 12.6. The molecule has 0 saturated carbocycles. The van der Waals surface area contributed by atoms with E-state index in [0.717, 1.165) is 9.13 Å². The van der Waals surface area contributed by atoms with E-state index in [1.54, 1.807) is 0 Å². The molecule has 202 valence electrons. The third-order valence-corrected chi connectivity index (χ3v) is 7.51. The summed E-state index contributed by atoms with van der Waals surface area (Å²) in [7, 11) is 0. The quantitative estimate of drug-likeness (QED) is 0.201. The number of hydrogen-bond acceptors (Lipinski definition) is 1. The third-order valence-electron chi connectivity index (χ3n) is 6.03. The summed E-state index contributed by atoms with van der Waals surface area (Å²) in [4.78, 5) is 0. The summed E-state index contributed by atoms with van der Waals surface area (Å²) < 4.78 is 113. The number of aryl methyl sites for hydroxylation is 4. The second kappa shape index (κ2) is 10.5. The van der Waals surface area contributed by atoms with Crippen LogP contribution in [0.5, 0.6) is 0 Å². The fraction of sp³-hybridized carbons (Fsp3) is 0.240. The molecule has 0 amide bonds. The number of halogens is 10. The first-order valence-electron chi connectivity index (χ1n) is 11.0. The number of fused-ring (bicyclic) bond motifs is 1. The summed E-state index contributed by atoms with van der Waals surface area (Å²) in [5, 5.41) is 8.64. The van der Waals surface area contributed by atoms with E-state index in [9.17, 15) is 35.1 Å². The highest BCUT2D eigenvalue weighted by atomic mass is 79.9. The van der Waals surface area contributed by atoms with Crippen molar-refractivity contribution in [1.29, 1.82) is 5.41 Å². The van der Waals surface area contributed by atoms with Crippen LogP contribution in [0.4, 0.5) is 35.1 Å². The maximum Gasteiger partial charge on any atom is 0.418 e. The maximum atomic E-state index is 14.1. The summed E-state index contributed by atoms with van der Waals surface area (Å²) in [5.74, 6) is -1.06. The highest BCUT2D eigenvalue weighted by Gasteiger charge is 2.40. The summed E-state index contributed by atoms with van der Waals surface area (Å²) in [5.41, 5.74) is -3.34. The van der Waals surface area contributed by atoms with Crippen molar-refractivity contribution in [2.45, 2.75) is 38.3 Å². The number of alkyl halides is 6. The van der Waals surface area contributed by atoms with Gasteiger partial charge in [0, 0.05) is 22.0 Å². The molecule has 0 radical (unpaired) electrons. The molecule has 4 aromatic rings. The van der Waals surface area contributed by atoms with Crippen molar-refractivity contribution in [2.24, 2.45) is 0 Å². The van der Waals surface area contributed by atoms with Crippen LogP contribution >= 0.6 is 31.9 Å². The molecule has 1 N–H and O–H groups in total. The van der Waals surface area contributed by atoms with Crippen LogP contribution in [0, 0.1) is 17.0 Å². The number of benzene rings is 3. The second-order valence-corrected chi connectivity index (χ2v) is 10.2. The summed E-state index contributed by atoms with van der Waals surface area (Å²) >= 11 is 6.40. The van der Waals surface area contributed by atoms with Gasteiger partial charge in [-0.3, -0.25) is 5.41 Å². The molecular formula is C25H17Br2F8N3. The number of nitrogens with zero attached hydrogens (tertiary/aromatic N) is 2. The van der Waals surface area contributed by atoms with Gasteiger partial charge >= 0.3 is 12.4 Å². The fourth-order valence-electron chi connectivity index (χ4n) is 4.21. The standard InChI is InChI=1S/C25H17Br2F8N3/c26-19-11-16(28)3-1-13(19)5-7-37-21-10-15(24(30,31)32)9-18(25(33,34)35)22(21)38(23(37)36)8-6-14-2-4-17(29)12-20(14)27/h1-4,9-12,36H,5-8H2. The Morgan fingerprint density at radius 1 is 0.684 bits per heavy atom. The lowest BCUT2D eigenvalue weighted by Crippen LogP contribution is -2.26. The Labute approximate surface area is 227 Å². The van der Waals surface area contributed by atoms with Crippen LogP contribution in [0.3, 0.4) is 0 Å². The van der Waals surface area contributed by atoms with Crippen LogP contribution in [0.25, 0.3) is 11.0 Å². The van der Waals surface area contributed by atoms with Crippen molar-refractivity contribution in [2.75, 3.05) is 0 Å². The van der Waals surface area contributed by atoms with E-state index in [-0.39, 0.29) is 32.0 Å². The van der Waals surface area contributed by atoms with Gasteiger partial charge in [-0.1, -0.05) is 44.0 Å². The largest absolute Gasteiger partial charge is 0.418 e. The van der Waals surface area contributed by atoms with Crippen molar-refractivity contribution in [3.8, 4) is 0 Å². The number of nitrogens with one attached hydrogen (secondary N) is 1. The van der Waals surface area contributed by atoms with Gasteiger partial charge in [0.15, 0.2) is 0 Å². The first kappa shape index (κ1) is 28.3. The first-order chi connectivity index (χ1) is 17.7. The molecule has 13 heteroatoms. The van der Waals surface area contributed by atoms with Crippen molar-refractivity contribution in [3.05, 3.63) is 97.0 Å². The smallest absolute Gasteiger partial charge is 0.310 e. The average molecular weight is 671 g/mol. The highest BCUT2D eigenvalue weighted by molar-refractivity contribution is 9.10. The Hall–Kier alpha value is -2.67. The van der Waals surface area contributed by atoms with Crippen LogP contribution in [0.15, 0.2) is 57.5 Å². The van der Waals surface area contributed by atoms with Gasteiger partial charge in [0.2, 0.25) is 5.62 Å². The Bertz CT molecular complexity index is 1570. The Kier molecular flexibility index (Phi) is 7.81. The molecule has 0 aliphatic carbocycles. The van der Waals surface area contributed by atoms with Gasteiger partial charge in [-0.15, -0.1) is 0 Å². The molecule has 3 nitrogen and oxygen atoms in total. The molecule has 1 aromatic heterocycles. The van der Waals surface area contributed by atoms with Crippen molar-refractivity contribution in [1.82, 2.24) is 9.13 Å². The van der Waals surface area contributed by atoms with Crippen molar-refractivity contribution < 1.29 is 35.1 Å². The van der Waals surface area contributed by atoms with Crippen LogP contribution in [0.1, 0.15) is 22.3 Å². The molecule has 0 fully saturated rings. The van der Waals surface area contributed by atoms with Crippen LogP contribution in [0.2, 0.25) is 0 Å².